The average molecular weight is 325 g/mol. The number of halogens is 1. The monoisotopic (exact) mass is 325 g/mol. The van der Waals surface area contributed by atoms with Gasteiger partial charge in [0.2, 0.25) is 0 Å². The van der Waals surface area contributed by atoms with Crippen LogP contribution in [0.25, 0.3) is 11.1 Å². The average Bonchev–Trinajstić information content (AvgIpc) is 3.10. The Morgan fingerprint density at radius 2 is 1.79 bits per heavy atom. The van der Waals surface area contributed by atoms with Gasteiger partial charge in [-0.2, -0.15) is 0 Å². The van der Waals surface area contributed by atoms with Crippen molar-refractivity contribution in [1.82, 2.24) is 5.32 Å². The third-order valence-corrected chi connectivity index (χ3v) is 3.68. The van der Waals surface area contributed by atoms with E-state index in [1.165, 1.54) is 18.4 Å². The van der Waals surface area contributed by atoms with Gasteiger partial charge >= 0.3 is 0 Å². The molecule has 1 heterocycles. The predicted octanol–water partition coefficient (Wildman–Crippen LogP) is 3.55. The maximum atomic E-state index is 13.6. The number of hydrogen-bond donors (Lipinski definition) is 2. The van der Waals surface area contributed by atoms with Crippen molar-refractivity contribution in [3.63, 3.8) is 0 Å². The predicted molar refractivity (Wildman–Crippen MR) is 87.8 cm³/mol. The van der Waals surface area contributed by atoms with Gasteiger partial charge < -0.3 is 14.8 Å². The Morgan fingerprint density at radius 3 is 2.54 bits per heavy atom. The van der Waals surface area contributed by atoms with E-state index in [4.69, 9.17) is 4.42 Å². The molecule has 4 nitrogen and oxygen atoms in total. The van der Waals surface area contributed by atoms with Gasteiger partial charge in [0, 0.05) is 17.7 Å². The molecule has 122 valence electrons. The van der Waals surface area contributed by atoms with Crippen LogP contribution >= 0.6 is 0 Å². The van der Waals surface area contributed by atoms with Crippen LogP contribution in [0.5, 0.6) is 0 Å². The molecule has 0 spiro atoms. The second-order valence-electron chi connectivity index (χ2n) is 5.28. The van der Waals surface area contributed by atoms with Crippen molar-refractivity contribution in [3.8, 4) is 11.1 Å². The molecule has 1 aromatic heterocycles. The van der Waals surface area contributed by atoms with E-state index < -0.39 is 17.8 Å². The minimum absolute atomic E-state index is 0.116. The van der Waals surface area contributed by atoms with Crippen molar-refractivity contribution in [1.29, 1.82) is 0 Å². The van der Waals surface area contributed by atoms with Gasteiger partial charge in [0.15, 0.2) is 5.76 Å². The summed E-state index contributed by atoms with van der Waals surface area (Å²) in [4.78, 5) is 12.3. The highest BCUT2D eigenvalue weighted by Gasteiger charge is 2.19. The van der Waals surface area contributed by atoms with Gasteiger partial charge in [-0.25, -0.2) is 4.39 Å². The maximum Gasteiger partial charge on any atom is 0.287 e. The number of carbonyl (C=O) groups excluding carboxylic acids is 1. The number of nitrogens with one attached hydrogen (secondary N) is 1. The van der Waals surface area contributed by atoms with E-state index >= 15 is 0 Å². The Labute approximate surface area is 138 Å². The molecule has 0 bridgehead atoms. The fourth-order valence-electron chi connectivity index (χ4n) is 2.46. The third-order valence-electron chi connectivity index (χ3n) is 3.68. The van der Waals surface area contributed by atoms with Crippen LogP contribution in [0.3, 0.4) is 0 Å². The van der Waals surface area contributed by atoms with Crippen molar-refractivity contribution in [2.45, 2.75) is 6.10 Å². The Balaban J connectivity index is 1.71. The van der Waals surface area contributed by atoms with Gasteiger partial charge in [0.1, 0.15) is 5.82 Å². The molecule has 24 heavy (non-hydrogen) atoms. The van der Waals surface area contributed by atoms with Crippen molar-refractivity contribution in [2.24, 2.45) is 0 Å². The molecular formula is C19H16FNO3. The molecule has 3 aromatic rings. The summed E-state index contributed by atoms with van der Waals surface area (Å²) in [5.74, 6) is -0.821. The molecule has 0 saturated heterocycles. The first-order valence-corrected chi connectivity index (χ1v) is 7.50. The zero-order chi connectivity index (χ0) is 16.9. The summed E-state index contributed by atoms with van der Waals surface area (Å²) in [7, 11) is 0. The van der Waals surface area contributed by atoms with E-state index in [9.17, 15) is 14.3 Å². The van der Waals surface area contributed by atoms with E-state index in [1.54, 1.807) is 18.2 Å². The largest absolute Gasteiger partial charge is 0.459 e. The SMILES string of the molecule is O=C(NCC(O)c1ccccc1F)c1occc1-c1ccccc1. The standard InChI is InChI=1S/C19H16FNO3/c20-16-9-5-4-8-15(16)17(22)12-21-19(23)18-14(10-11-24-18)13-6-2-1-3-7-13/h1-11,17,22H,12H2,(H,21,23). The molecule has 2 aromatic carbocycles. The lowest BCUT2D eigenvalue weighted by Crippen LogP contribution is -2.28. The second-order valence-corrected chi connectivity index (χ2v) is 5.28. The molecule has 0 aliphatic carbocycles. The molecule has 0 fully saturated rings. The molecule has 3 rings (SSSR count). The molecule has 5 heteroatoms. The highest BCUT2D eigenvalue weighted by molar-refractivity contribution is 5.98. The summed E-state index contributed by atoms with van der Waals surface area (Å²) in [5, 5.41) is 12.6. The molecule has 0 aliphatic rings. The number of benzene rings is 2. The fourth-order valence-corrected chi connectivity index (χ4v) is 2.46. The van der Waals surface area contributed by atoms with Gasteiger partial charge in [-0.1, -0.05) is 48.5 Å². The van der Waals surface area contributed by atoms with Gasteiger partial charge in [-0.05, 0) is 17.7 Å². The number of amides is 1. The first-order chi connectivity index (χ1) is 11.7. The molecule has 1 atom stereocenters. The summed E-state index contributed by atoms with van der Waals surface area (Å²) in [5.41, 5.74) is 1.65. The number of carbonyl (C=O) groups is 1. The highest BCUT2D eigenvalue weighted by atomic mass is 19.1. The van der Waals surface area contributed by atoms with Gasteiger partial charge in [-0.3, -0.25) is 4.79 Å². The van der Waals surface area contributed by atoms with Crippen LogP contribution in [0.15, 0.2) is 71.3 Å². The zero-order valence-electron chi connectivity index (χ0n) is 12.8. The normalized spacial score (nSPS) is 11.9. The van der Waals surface area contributed by atoms with Crippen LogP contribution in [0.2, 0.25) is 0 Å². The first-order valence-electron chi connectivity index (χ1n) is 7.50. The van der Waals surface area contributed by atoms with E-state index in [0.717, 1.165) is 5.56 Å². The number of aliphatic hydroxyl groups excluding tert-OH is 1. The Kier molecular flexibility index (Phi) is 4.72. The van der Waals surface area contributed by atoms with Crippen LogP contribution in [-0.2, 0) is 0 Å². The van der Waals surface area contributed by atoms with Crippen molar-refractivity contribution >= 4 is 5.91 Å². The summed E-state index contributed by atoms with van der Waals surface area (Å²) in [6.45, 7) is -0.116. The van der Waals surface area contributed by atoms with Crippen molar-refractivity contribution in [2.75, 3.05) is 6.54 Å². The fraction of sp³-hybridized carbons (Fsp3) is 0.105. The number of aliphatic hydroxyl groups is 1. The first kappa shape index (κ1) is 16.0. The van der Waals surface area contributed by atoms with E-state index in [1.807, 2.05) is 30.3 Å². The number of rotatable bonds is 5. The van der Waals surface area contributed by atoms with Crippen molar-refractivity contribution < 1.29 is 18.7 Å². The lowest BCUT2D eigenvalue weighted by molar-refractivity contribution is 0.0888. The minimum Gasteiger partial charge on any atom is -0.459 e. The Morgan fingerprint density at radius 1 is 1.08 bits per heavy atom. The third kappa shape index (κ3) is 3.36. The molecular weight excluding hydrogens is 309 g/mol. The van der Waals surface area contributed by atoms with E-state index in [-0.39, 0.29) is 17.9 Å². The van der Waals surface area contributed by atoms with Gasteiger partial charge in [0.05, 0.1) is 12.4 Å². The minimum atomic E-state index is -1.13. The van der Waals surface area contributed by atoms with E-state index in [2.05, 4.69) is 5.32 Å². The number of hydrogen-bond acceptors (Lipinski definition) is 3. The number of furan rings is 1. The van der Waals surface area contributed by atoms with Gasteiger partial charge in [-0.15, -0.1) is 0 Å². The molecule has 1 amide bonds. The Hall–Kier alpha value is -2.92. The van der Waals surface area contributed by atoms with Crippen LogP contribution in [0, 0.1) is 5.82 Å². The zero-order valence-corrected chi connectivity index (χ0v) is 12.8. The highest BCUT2D eigenvalue weighted by Crippen LogP contribution is 2.24. The molecule has 0 saturated carbocycles. The maximum absolute atomic E-state index is 13.6. The van der Waals surface area contributed by atoms with Gasteiger partial charge in [0.25, 0.3) is 5.91 Å². The van der Waals surface area contributed by atoms with Crippen molar-refractivity contribution in [3.05, 3.63) is 84.1 Å². The topological polar surface area (TPSA) is 62.5 Å². The summed E-state index contributed by atoms with van der Waals surface area (Å²) in [6.07, 6.45) is 0.301. The van der Waals surface area contributed by atoms with Crippen LogP contribution < -0.4 is 5.32 Å². The molecule has 2 N–H and O–H groups in total. The molecule has 0 aliphatic heterocycles. The van der Waals surface area contributed by atoms with Crippen LogP contribution in [0.1, 0.15) is 22.2 Å². The van der Waals surface area contributed by atoms with E-state index in [0.29, 0.717) is 5.56 Å². The lowest BCUT2D eigenvalue weighted by atomic mass is 10.1. The second kappa shape index (κ2) is 7.10. The lowest BCUT2D eigenvalue weighted by Gasteiger charge is -2.12. The summed E-state index contributed by atoms with van der Waals surface area (Å²) >= 11 is 0. The smallest absolute Gasteiger partial charge is 0.287 e. The Bertz CT molecular complexity index is 829. The van der Waals surface area contributed by atoms with Crippen LogP contribution in [-0.4, -0.2) is 17.6 Å². The summed E-state index contributed by atoms with van der Waals surface area (Å²) < 4.78 is 18.9. The van der Waals surface area contributed by atoms with Crippen LogP contribution in [0.4, 0.5) is 4.39 Å². The quantitative estimate of drug-likeness (QED) is 0.754. The summed E-state index contributed by atoms with van der Waals surface area (Å²) in [6, 6.07) is 17.0. The molecule has 1 unspecified atom stereocenters. The molecule has 0 radical (unpaired) electrons.